The molecule has 12 nitrogen and oxygen atoms in total. The maximum atomic E-state index is 13.2. The number of carbonyl (C=O) groups is 4. The second kappa shape index (κ2) is 13.8. The fourth-order valence-corrected chi connectivity index (χ4v) is 6.97. The van der Waals surface area contributed by atoms with Gasteiger partial charge in [-0.05, 0) is 114 Å². The van der Waals surface area contributed by atoms with Crippen LogP contribution in [0, 0.1) is 27.7 Å². The first-order valence-corrected chi connectivity index (χ1v) is 17.1. The van der Waals surface area contributed by atoms with E-state index in [1.165, 1.54) is 0 Å². The molecule has 0 bridgehead atoms. The average molecular weight is 690 g/mol. The van der Waals surface area contributed by atoms with E-state index in [1.54, 1.807) is 80.1 Å². The van der Waals surface area contributed by atoms with Crippen molar-refractivity contribution in [2.75, 3.05) is 23.7 Å². The van der Waals surface area contributed by atoms with Crippen molar-refractivity contribution < 1.29 is 32.4 Å². The van der Waals surface area contributed by atoms with Crippen LogP contribution < -0.4 is 10.6 Å². The maximum absolute atomic E-state index is 13.2. The van der Waals surface area contributed by atoms with Crippen molar-refractivity contribution in [3.05, 3.63) is 101 Å². The zero-order chi connectivity index (χ0) is 35.8. The van der Waals surface area contributed by atoms with E-state index >= 15 is 0 Å². The fraction of sp³-hybridized carbons (Fsp3) is 0.308. The Kier molecular flexibility index (Phi) is 9.07. The zero-order valence-electron chi connectivity index (χ0n) is 28.9. The van der Waals surface area contributed by atoms with E-state index in [9.17, 15) is 19.2 Å². The molecule has 2 aliphatic heterocycles. The molecule has 7 rings (SSSR count). The largest absolute Gasteiger partial charge is 0.466 e. The normalized spacial score (nSPS) is 17.2. The number of oxazole rings is 1. The summed E-state index contributed by atoms with van der Waals surface area (Å²) < 4.78 is 17.1. The van der Waals surface area contributed by atoms with Crippen LogP contribution in [0.1, 0.15) is 69.4 Å². The first-order valence-electron chi connectivity index (χ1n) is 17.1. The van der Waals surface area contributed by atoms with Crippen molar-refractivity contribution >= 4 is 35.0 Å². The molecular weight excluding hydrogens is 650 g/mol. The van der Waals surface area contributed by atoms with E-state index < -0.39 is 12.1 Å². The average Bonchev–Trinajstić information content (AvgIpc) is 3.96. The van der Waals surface area contributed by atoms with Gasteiger partial charge >= 0.3 is 0 Å². The van der Waals surface area contributed by atoms with Gasteiger partial charge in [0.15, 0.2) is 5.76 Å². The van der Waals surface area contributed by atoms with Gasteiger partial charge in [0.05, 0.1) is 17.3 Å². The van der Waals surface area contributed by atoms with E-state index in [0.717, 1.165) is 24.0 Å². The molecule has 2 fully saturated rings. The number of amides is 4. The minimum atomic E-state index is -0.566. The van der Waals surface area contributed by atoms with Gasteiger partial charge in [-0.3, -0.25) is 19.2 Å². The van der Waals surface area contributed by atoms with Crippen LogP contribution in [-0.4, -0.2) is 63.6 Å². The third-order valence-corrected chi connectivity index (χ3v) is 9.52. The van der Waals surface area contributed by atoms with Gasteiger partial charge in [0.2, 0.25) is 17.7 Å². The monoisotopic (exact) mass is 689 g/mol. The second-order valence-electron chi connectivity index (χ2n) is 13.1. The Hall–Kier alpha value is -5.91. The number of likely N-dealkylation sites (tertiary alicyclic amines) is 2. The number of anilines is 2. The number of rotatable bonds is 8. The molecule has 0 saturated carbocycles. The summed E-state index contributed by atoms with van der Waals surface area (Å²) in [6.45, 7) is 8.12. The number of hydrogen-bond acceptors (Lipinski definition) is 8. The Morgan fingerprint density at radius 3 is 1.53 bits per heavy atom. The third-order valence-electron chi connectivity index (χ3n) is 9.52. The quantitative estimate of drug-likeness (QED) is 0.178. The molecule has 2 aliphatic rings. The summed E-state index contributed by atoms with van der Waals surface area (Å²) in [5.41, 5.74) is 3.68. The predicted octanol–water partition coefficient (Wildman–Crippen LogP) is 6.91. The molecule has 3 aromatic heterocycles. The molecular formula is C39H39N5O7. The standard InChI is InChI=1S/C39H39N5O7/c1-22-19-30(24(3)49-22)38(47)43-17-5-7-32(43)35(45)41-28-13-9-26(10-14-28)34-21-40-37(51-34)27-11-15-29(16-12-27)42-36(46)33-8-6-18-44(33)39(48)31-20-23(2)50-25(31)4/h9-16,19-21,32-33H,5-8,17-18H2,1-4H3,(H,41,45)(H,42,46)/t32-,33-/m0/s1. The van der Waals surface area contributed by atoms with Crippen LogP contribution in [0.5, 0.6) is 0 Å². The lowest BCUT2D eigenvalue weighted by atomic mass is 10.1. The highest BCUT2D eigenvalue weighted by atomic mass is 16.4. The van der Waals surface area contributed by atoms with E-state index in [0.29, 0.717) is 83.1 Å². The Labute approximate surface area is 294 Å². The molecule has 5 heterocycles. The predicted molar refractivity (Wildman–Crippen MR) is 189 cm³/mol. The van der Waals surface area contributed by atoms with Crippen LogP contribution in [-0.2, 0) is 9.59 Å². The van der Waals surface area contributed by atoms with Crippen LogP contribution >= 0.6 is 0 Å². The summed E-state index contributed by atoms with van der Waals surface area (Å²) in [7, 11) is 0. The highest BCUT2D eigenvalue weighted by Crippen LogP contribution is 2.30. The third kappa shape index (κ3) is 6.81. The molecule has 2 saturated heterocycles. The van der Waals surface area contributed by atoms with Gasteiger partial charge in [-0.2, -0.15) is 0 Å². The van der Waals surface area contributed by atoms with Crippen molar-refractivity contribution in [3.8, 4) is 22.8 Å². The second-order valence-corrected chi connectivity index (χ2v) is 13.1. The molecule has 2 aromatic carbocycles. The summed E-state index contributed by atoms with van der Waals surface area (Å²) in [6, 6.07) is 16.7. The molecule has 51 heavy (non-hydrogen) atoms. The van der Waals surface area contributed by atoms with Crippen molar-refractivity contribution in [1.29, 1.82) is 0 Å². The SMILES string of the molecule is Cc1cc(C(=O)N2CCC[C@H]2C(=O)Nc2ccc(-c3cnc(-c4ccc(NC(=O)[C@@H]5CCCN5C(=O)c5cc(C)oc5C)cc4)o3)cc2)c(C)o1. The van der Waals surface area contributed by atoms with Gasteiger partial charge in [0.1, 0.15) is 35.1 Å². The van der Waals surface area contributed by atoms with Gasteiger partial charge in [0, 0.05) is 35.6 Å². The van der Waals surface area contributed by atoms with Gasteiger partial charge in [-0.15, -0.1) is 0 Å². The Bertz CT molecular complexity index is 1960. The summed E-state index contributed by atoms with van der Waals surface area (Å²) in [6.07, 6.45) is 4.31. The number of hydrogen-bond donors (Lipinski definition) is 2. The van der Waals surface area contributed by atoms with Crippen LogP contribution in [0.3, 0.4) is 0 Å². The molecule has 262 valence electrons. The van der Waals surface area contributed by atoms with Gasteiger partial charge < -0.3 is 33.7 Å². The molecule has 5 aromatic rings. The smallest absolute Gasteiger partial charge is 0.258 e. The summed E-state index contributed by atoms with van der Waals surface area (Å²) >= 11 is 0. The zero-order valence-corrected chi connectivity index (χ0v) is 28.9. The van der Waals surface area contributed by atoms with E-state index in [1.807, 2.05) is 24.3 Å². The van der Waals surface area contributed by atoms with Crippen LogP contribution in [0.25, 0.3) is 22.8 Å². The summed E-state index contributed by atoms with van der Waals surface area (Å²) in [4.78, 5) is 60.5. The van der Waals surface area contributed by atoms with Crippen molar-refractivity contribution in [2.45, 2.75) is 65.5 Å². The molecule has 0 unspecified atom stereocenters. The molecule has 2 N–H and O–H groups in total. The number of benzene rings is 2. The Morgan fingerprint density at radius 1 is 0.647 bits per heavy atom. The molecule has 0 aliphatic carbocycles. The summed E-state index contributed by atoms with van der Waals surface area (Å²) in [5, 5.41) is 5.89. The number of carbonyl (C=O) groups excluding carboxylic acids is 4. The van der Waals surface area contributed by atoms with Crippen molar-refractivity contribution in [2.24, 2.45) is 0 Å². The molecule has 12 heteroatoms. The molecule has 0 radical (unpaired) electrons. The van der Waals surface area contributed by atoms with Gasteiger partial charge in [-0.25, -0.2) is 4.98 Å². The van der Waals surface area contributed by atoms with Crippen molar-refractivity contribution in [3.63, 3.8) is 0 Å². The lowest BCUT2D eigenvalue weighted by molar-refractivity contribution is -0.120. The van der Waals surface area contributed by atoms with E-state index in [2.05, 4.69) is 15.6 Å². The Morgan fingerprint density at radius 2 is 1.10 bits per heavy atom. The molecule has 2 atom stereocenters. The number of aromatic nitrogens is 1. The molecule has 0 spiro atoms. The van der Waals surface area contributed by atoms with Crippen molar-refractivity contribution in [1.82, 2.24) is 14.8 Å². The number of nitrogens with zero attached hydrogens (tertiary/aromatic N) is 3. The number of nitrogens with one attached hydrogen (secondary N) is 2. The van der Waals surface area contributed by atoms with E-state index in [4.69, 9.17) is 13.3 Å². The molecule has 4 amide bonds. The topological polar surface area (TPSA) is 151 Å². The maximum Gasteiger partial charge on any atom is 0.258 e. The van der Waals surface area contributed by atoms with Gasteiger partial charge in [0.25, 0.3) is 11.8 Å². The number of aryl methyl sites for hydroxylation is 4. The lowest BCUT2D eigenvalue weighted by Crippen LogP contribution is -2.43. The van der Waals surface area contributed by atoms with Gasteiger partial charge in [-0.1, -0.05) is 0 Å². The minimum Gasteiger partial charge on any atom is -0.466 e. The fourth-order valence-electron chi connectivity index (χ4n) is 6.97. The van der Waals surface area contributed by atoms with E-state index in [-0.39, 0.29) is 23.6 Å². The minimum absolute atomic E-state index is 0.196. The lowest BCUT2D eigenvalue weighted by Gasteiger charge is -2.23. The van der Waals surface area contributed by atoms with Crippen LogP contribution in [0.2, 0.25) is 0 Å². The highest BCUT2D eigenvalue weighted by molar-refractivity contribution is 6.03. The first-order chi connectivity index (χ1) is 24.5. The Balaban J connectivity index is 0.954. The number of furan rings is 2. The first kappa shape index (κ1) is 33.6. The van der Waals surface area contributed by atoms with Crippen LogP contribution in [0.15, 0.2) is 80.1 Å². The van der Waals surface area contributed by atoms with Crippen LogP contribution in [0.4, 0.5) is 11.4 Å². The highest BCUT2D eigenvalue weighted by Gasteiger charge is 2.37. The summed E-state index contributed by atoms with van der Waals surface area (Å²) in [5.74, 6) is 2.51.